The van der Waals surface area contributed by atoms with Crippen LogP contribution in [-0.2, 0) is 42.9 Å². The van der Waals surface area contributed by atoms with Crippen molar-refractivity contribution in [2.24, 2.45) is 0 Å². The number of hydrogen-bond donors (Lipinski definition) is 3. The highest BCUT2D eigenvalue weighted by atomic mass is 16.7. The lowest BCUT2D eigenvalue weighted by molar-refractivity contribution is -0.301. The third-order valence-corrected chi connectivity index (χ3v) is 12.1. The zero-order chi connectivity index (χ0) is 50.4. The predicted octanol–water partition coefficient (Wildman–Crippen LogP) is 13.2. The highest BCUT2D eigenvalue weighted by Gasteiger charge is 2.50. The zero-order valence-electron chi connectivity index (χ0n) is 43.3. The van der Waals surface area contributed by atoms with Crippen molar-refractivity contribution in [2.45, 2.75) is 263 Å². The second kappa shape index (κ2) is 45.6. The van der Waals surface area contributed by atoms with Crippen LogP contribution in [0.4, 0.5) is 0 Å². The molecule has 0 saturated carbocycles. The molecule has 69 heavy (non-hydrogen) atoms. The molecule has 0 aliphatic carbocycles. The predicted molar refractivity (Wildman–Crippen MR) is 275 cm³/mol. The minimum atomic E-state index is -1.91. The number of allylic oxidation sites excluding steroid dienone is 10. The summed E-state index contributed by atoms with van der Waals surface area (Å²) in [7, 11) is 0. The van der Waals surface area contributed by atoms with Crippen LogP contribution in [0.2, 0.25) is 0 Å². The number of rotatable bonds is 45. The highest BCUT2D eigenvalue weighted by Crippen LogP contribution is 2.26. The standard InChI is InChI=1S/C57H96O12/c1-4-7-10-13-16-19-22-24-25-27-29-31-34-37-40-43-49(58)65-46-48(67-50(59)44-41-38-35-33-30-26-23-20-17-14-11-8-5-2)47-66-57-55(53(62)52(61)54(69-57)56(63)64)68-51(60)45-42-39-36-32-28-21-18-15-12-9-6-3/h7,10,15-16,18-19,24-25,29,31,48,52-55,57,61-62H,4-6,8-9,11-14,17,20-23,26-28,30,32-47H2,1-3H3,(H,63,64)/b10-7-,18-15-,19-16-,25-24-,31-29-. The van der Waals surface area contributed by atoms with E-state index >= 15 is 0 Å². The molecule has 6 atom stereocenters. The Kier molecular flexibility index (Phi) is 41.9. The largest absolute Gasteiger partial charge is 0.479 e. The third-order valence-electron chi connectivity index (χ3n) is 12.1. The molecule has 1 fully saturated rings. The fourth-order valence-electron chi connectivity index (χ4n) is 7.87. The number of carbonyl (C=O) groups excluding carboxylic acids is 3. The maximum atomic E-state index is 13.1. The molecular formula is C57H96O12. The van der Waals surface area contributed by atoms with E-state index in [2.05, 4.69) is 81.5 Å². The highest BCUT2D eigenvalue weighted by molar-refractivity contribution is 5.74. The second-order valence-electron chi connectivity index (χ2n) is 18.5. The molecule has 0 bridgehead atoms. The first kappa shape index (κ1) is 63.4. The molecule has 1 rings (SSSR count). The summed E-state index contributed by atoms with van der Waals surface area (Å²) in [4.78, 5) is 50.9. The number of aliphatic hydroxyl groups is 2. The first-order valence-corrected chi connectivity index (χ1v) is 27.3. The summed E-state index contributed by atoms with van der Waals surface area (Å²) in [5.41, 5.74) is 0. The van der Waals surface area contributed by atoms with Crippen molar-refractivity contribution in [1.29, 1.82) is 0 Å². The molecule has 0 spiro atoms. The minimum absolute atomic E-state index is 0.0458. The van der Waals surface area contributed by atoms with Gasteiger partial charge in [0, 0.05) is 19.3 Å². The lowest BCUT2D eigenvalue weighted by Crippen LogP contribution is -2.61. The number of esters is 3. The van der Waals surface area contributed by atoms with Gasteiger partial charge in [-0.2, -0.15) is 0 Å². The van der Waals surface area contributed by atoms with Crippen LogP contribution in [0.1, 0.15) is 226 Å². The molecule has 0 aromatic rings. The number of carboxylic acids is 1. The normalized spacial score (nSPS) is 19.1. The van der Waals surface area contributed by atoms with Crippen molar-refractivity contribution in [3.8, 4) is 0 Å². The van der Waals surface area contributed by atoms with E-state index in [1.165, 1.54) is 70.6 Å². The summed E-state index contributed by atoms with van der Waals surface area (Å²) < 4.78 is 28.3. The fourth-order valence-corrected chi connectivity index (χ4v) is 7.87. The molecule has 1 saturated heterocycles. The summed E-state index contributed by atoms with van der Waals surface area (Å²) in [5.74, 6) is -3.18. The van der Waals surface area contributed by atoms with Gasteiger partial charge in [0.1, 0.15) is 18.8 Å². The number of aliphatic hydroxyl groups excluding tert-OH is 2. The molecule has 1 heterocycles. The number of carboxylic acid groups (broad SMARTS) is 1. The Morgan fingerprint density at radius 2 is 0.928 bits per heavy atom. The number of hydrogen-bond acceptors (Lipinski definition) is 11. The maximum absolute atomic E-state index is 13.1. The average molecular weight is 973 g/mol. The van der Waals surface area contributed by atoms with Gasteiger partial charge >= 0.3 is 23.9 Å². The molecule has 0 aromatic heterocycles. The Balaban J connectivity index is 2.75. The molecule has 6 unspecified atom stereocenters. The van der Waals surface area contributed by atoms with E-state index < -0.39 is 67.3 Å². The lowest BCUT2D eigenvalue weighted by Gasteiger charge is -2.40. The monoisotopic (exact) mass is 973 g/mol. The van der Waals surface area contributed by atoms with E-state index in [9.17, 15) is 34.5 Å². The Morgan fingerprint density at radius 3 is 1.48 bits per heavy atom. The lowest BCUT2D eigenvalue weighted by atomic mass is 9.98. The van der Waals surface area contributed by atoms with Crippen LogP contribution in [0.5, 0.6) is 0 Å². The number of aliphatic carboxylic acids is 1. The zero-order valence-corrected chi connectivity index (χ0v) is 43.3. The van der Waals surface area contributed by atoms with Gasteiger partial charge in [-0.15, -0.1) is 0 Å². The van der Waals surface area contributed by atoms with Crippen molar-refractivity contribution in [2.75, 3.05) is 13.2 Å². The van der Waals surface area contributed by atoms with Gasteiger partial charge < -0.3 is 39.0 Å². The van der Waals surface area contributed by atoms with Crippen molar-refractivity contribution in [3.05, 3.63) is 60.8 Å². The summed E-state index contributed by atoms with van der Waals surface area (Å²) in [6, 6.07) is 0. The van der Waals surface area contributed by atoms with Crippen LogP contribution in [0.25, 0.3) is 0 Å². The molecule has 0 aromatic carbocycles. The van der Waals surface area contributed by atoms with Crippen LogP contribution in [0, 0.1) is 0 Å². The van der Waals surface area contributed by atoms with E-state index in [1.807, 2.05) is 0 Å². The van der Waals surface area contributed by atoms with Gasteiger partial charge in [0.05, 0.1) is 6.61 Å². The average Bonchev–Trinajstić information content (AvgIpc) is 3.33. The van der Waals surface area contributed by atoms with E-state index in [1.54, 1.807) is 0 Å². The molecule has 12 heteroatoms. The summed E-state index contributed by atoms with van der Waals surface area (Å²) >= 11 is 0. The summed E-state index contributed by atoms with van der Waals surface area (Å²) in [6.07, 6.45) is 42.1. The second-order valence-corrected chi connectivity index (χ2v) is 18.5. The van der Waals surface area contributed by atoms with E-state index in [0.29, 0.717) is 19.3 Å². The SMILES string of the molecule is CC/C=C\C/C=C\C/C=C\C/C=C\CCCCC(=O)OCC(COC1OC(C(=O)O)C(O)C(O)C1OC(=O)CCCCCCC/C=C\CCCC)OC(=O)CCCCCCCCCCCCCCC. The van der Waals surface area contributed by atoms with Gasteiger partial charge in [-0.05, 0) is 77.0 Å². The van der Waals surface area contributed by atoms with Crippen LogP contribution < -0.4 is 0 Å². The molecular weight excluding hydrogens is 877 g/mol. The Labute approximate surface area is 417 Å². The third kappa shape index (κ3) is 36.1. The first-order valence-electron chi connectivity index (χ1n) is 27.3. The quantitative estimate of drug-likeness (QED) is 0.0228. The van der Waals surface area contributed by atoms with Crippen LogP contribution in [0.3, 0.4) is 0 Å². The number of ether oxygens (including phenoxy) is 5. The van der Waals surface area contributed by atoms with E-state index in [4.69, 9.17) is 23.7 Å². The Bertz CT molecular complexity index is 1440. The van der Waals surface area contributed by atoms with Gasteiger partial charge in [0.15, 0.2) is 24.6 Å². The fraction of sp³-hybridized carbons (Fsp3) is 0.754. The number of carbonyl (C=O) groups is 4. The molecule has 0 amide bonds. The topological polar surface area (TPSA) is 175 Å². The molecule has 12 nitrogen and oxygen atoms in total. The maximum Gasteiger partial charge on any atom is 0.335 e. The molecule has 0 radical (unpaired) electrons. The smallest absolute Gasteiger partial charge is 0.335 e. The van der Waals surface area contributed by atoms with Gasteiger partial charge in [-0.1, -0.05) is 191 Å². The van der Waals surface area contributed by atoms with Crippen molar-refractivity contribution < 1.29 is 58.2 Å². The summed E-state index contributed by atoms with van der Waals surface area (Å²) in [6.45, 7) is 5.78. The van der Waals surface area contributed by atoms with Crippen LogP contribution in [-0.4, -0.2) is 89.2 Å². The van der Waals surface area contributed by atoms with E-state index in [-0.39, 0.29) is 25.9 Å². The van der Waals surface area contributed by atoms with Gasteiger partial charge in [0.25, 0.3) is 0 Å². The minimum Gasteiger partial charge on any atom is -0.479 e. The molecule has 396 valence electrons. The van der Waals surface area contributed by atoms with Gasteiger partial charge in [-0.3, -0.25) is 14.4 Å². The van der Waals surface area contributed by atoms with Crippen molar-refractivity contribution in [1.82, 2.24) is 0 Å². The Morgan fingerprint density at radius 1 is 0.493 bits per heavy atom. The first-order chi connectivity index (χ1) is 33.6. The van der Waals surface area contributed by atoms with Gasteiger partial charge in [0.2, 0.25) is 0 Å². The Hall–Kier alpha value is -3.58. The number of unbranched alkanes of at least 4 members (excludes halogenated alkanes) is 21. The molecule has 1 aliphatic heterocycles. The van der Waals surface area contributed by atoms with Crippen molar-refractivity contribution >= 4 is 23.9 Å². The van der Waals surface area contributed by atoms with Crippen LogP contribution in [0.15, 0.2) is 60.8 Å². The van der Waals surface area contributed by atoms with Crippen LogP contribution >= 0.6 is 0 Å². The van der Waals surface area contributed by atoms with Crippen molar-refractivity contribution in [3.63, 3.8) is 0 Å². The van der Waals surface area contributed by atoms with E-state index in [0.717, 1.165) is 96.3 Å². The summed E-state index contributed by atoms with van der Waals surface area (Å²) in [5, 5.41) is 31.3. The molecule has 1 aliphatic rings. The molecule has 3 N–H and O–H groups in total. The van der Waals surface area contributed by atoms with Gasteiger partial charge in [-0.25, -0.2) is 4.79 Å².